The van der Waals surface area contributed by atoms with E-state index in [9.17, 15) is 0 Å². The van der Waals surface area contributed by atoms with Crippen LogP contribution in [0.3, 0.4) is 0 Å². The molecule has 1 saturated heterocycles. The number of hydrogen-bond donors (Lipinski definition) is 1. The summed E-state index contributed by atoms with van der Waals surface area (Å²) >= 11 is 0. The van der Waals surface area contributed by atoms with Crippen molar-refractivity contribution in [1.29, 1.82) is 0 Å². The summed E-state index contributed by atoms with van der Waals surface area (Å²) in [7, 11) is 0. The van der Waals surface area contributed by atoms with Crippen LogP contribution in [0, 0.1) is 11.8 Å². The van der Waals surface area contributed by atoms with Gasteiger partial charge in [0.05, 0.1) is 11.9 Å². The quantitative estimate of drug-likeness (QED) is 0.898. The van der Waals surface area contributed by atoms with Crippen molar-refractivity contribution >= 4 is 5.69 Å². The Labute approximate surface area is 115 Å². The van der Waals surface area contributed by atoms with Gasteiger partial charge in [-0.3, -0.25) is 4.98 Å². The summed E-state index contributed by atoms with van der Waals surface area (Å²) in [4.78, 5) is 6.95. The zero-order chi connectivity index (χ0) is 12.7. The molecule has 1 N–H and O–H groups in total. The fourth-order valence-electron chi connectivity index (χ4n) is 3.82. The van der Waals surface area contributed by atoms with E-state index in [2.05, 4.69) is 27.5 Å². The Hall–Kier alpha value is -1.09. The van der Waals surface area contributed by atoms with E-state index in [0.29, 0.717) is 0 Å². The molecular weight excluding hydrogens is 234 g/mol. The van der Waals surface area contributed by atoms with E-state index in [0.717, 1.165) is 24.4 Å². The van der Waals surface area contributed by atoms with Gasteiger partial charge in [-0.15, -0.1) is 0 Å². The van der Waals surface area contributed by atoms with Crippen LogP contribution in [0.25, 0.3) is 0 Å². The first-order valence-electron chi connectivity index (χ1n) is 7.81. The number of rotatable bonds is 4. The van der Waals surface area contributed by atoms with Crippen molar-refractivity contribution in [2.45, 2.75) is 44.7 Å². The van der Waals surface area contributed by atoms with Gasteiger partial charge >= 0.3 is 0 Å². The molecule has 3 nitrogen and oxygen atoms in total. The Morgan fingerprint density at radius 3 is 2.68 bits per heavy atom. The van der Waals surface area contributed by atoms with E-state index in [1.54, 1.807) is 0 Å². The third-order valence-corrected chi connectivity index (χ3v) is 5.11. The highest BCUT2D eigenvalue weighted by Gasteiger charge is 2.36. The Bertz CT molecular complexity index is 443. The summed E-state index contributed by atoms with van der Waals surface area (Å²) in [5.74, 6) is 1.90. The minimum atomic E-state index is 0.777. The van der Waals surface area contributed by atoms with Gasteiger partial charge in [0.25, 0.3) is 0 Å². The lowest BCUT2D eigenvalue weighted by Gasteiger charge is -2.22. The average Bonchev–Trinajstić information content (AvgIpc) is 3.01. The van der Waals surface area contributed by atoms with E-state index in [1.807, 2.05) is 6.20 Å². The predicted octanol–water partition coefficient (Wildman–Crippen LogP) is 2.57. The fraction of sp³-hybridized carbons (Fsp3) is 0.688. The van der Waals surface area contributed by atoms with Gasteiger partial charge in [0, 0.05) is 31.9 Å². The lowest BCUT2D eigenvalue weighted by molar-refractivity contribution is 0.494. The topological polar surface area (TPSA) is 28.2 Å². The second-order valence-corrected chi connectivity index (χ2v) is 6.52. The first-order chi connectivity index (χ1) is 9.40. The van der Waals surface area contributed by atoms with E-state index >= 15 is 0 Å². The molecule has 0 amide bonds. The molecule has 3 aliphatic rings. The van der Waals surface area contributed by atoms with Crippen molar-refractivity contribution in [2.75, 3.05) is 18.0 Å². The van der Waals surface area contributed by atoms with Crippen molar-refractivity contribution < 1.29 is 0 Å². The van der Waals surface area contributed by atoms with Crippen molar-refractivity contribution in [3.8, 4) is 0 Å². The van der Waals surface area contributed by atoms with Crippen molar-refractivity contribution in [2.24, 2.45) is 11.8 Å². The lowest BCUT2D eigenvalue weighted by atomic mass is 10.0. The largest absolute Gasteiger partial charge is 0.369 e. The minimum absolute atomic E-state index is 0.777. The highest BCUT2D eigenvalue weighted by molar-refractivity contribution is 5.52. The molecule has 0 spiro atoms. The zero-order valence-electron chi connectivity index (χ0n) is 11.5. The van der Waals surface area contributed by atoms with Gasteiger partial charge in [-0.25, -0.2) is 0 Å². The van der Waals surface area contributed by atoms with Crippen LogP contribution in [-0.4, -0.2) is 24.1 Å². The molecule has 1 aliphatic heterocycles. The normalized spacial score (nSPS) is 29.8. The maximum atomic E-state index is 4.36. The van der Waals surface area contributed by atoms with Crippen LogP contribution < -0.4 is 10.2 Å². The number of pyridine rings is 1. The highest BCUT2D eigenvalue weighted by atomic mass is 15.2. The second kappa shape index (κ2) is 4.78. The van der Waals surface area contributed by atoms with Crippen LogP contribution in [-0.2, 0) is 6.54 Å². The summed E-state index contributed by atoms with van der Waals surface area (Å²) in [5.41, 5.74) is 2.81. The number of hydrogen-bond acceptors (Lipinski definition) is 3. The summed E-state index contributed by atoms with van der Waals surface area (Å²) < 4.78 is 0. The van der Waals surface area contributed by atoms with E-state index in [-0.39, 0.29) is 0 Å². The lowest BCUT2D eigenvalue weighted by Crippen LogP contribution is -2.24. The first-order valence-corrected chi connectivity index (χ1v) is 7.81. The van der Waals surface area contributed by atoms with Crippen molar-refractivity contribution in [3.63, 3.8) is 0 Å². The summed E-state index contributed by atoms with van der Waals surface area (Å²) in [6.45, 7) is 3.52. The third kappa shape index (κ3) is 2.36. The molecule has 2 aliphatic carbocycles. The molecule has 3 fully saturated rings. The molecule has 2 heterocycles. The van der Waals surface area contributed by atoms with Gasteiger partial charge in [0.15, 0.2) is 0 Å². The molecule has 102 valence electrons. The van der Waals surface area contributed by atoms with E-state index in [1.165, 1.54) is 56.4 Å². The summed E-state index contributed by atoms with van der Waals surface area (Å²) in [6, 6.07) is 2.97. The maximum absolute atomic E-state index is 4.36. The zero-order valence-corrected chi connectivity index (χ0v) is 11.5. The van der Waals surface area contributed by atoms with Crippen LogP contribution in [0.4, 0.5) is 5.69 Å². The van der Waals surface area contributed by atoms with Gasteiger partial charge in [-0.05, 0) is 49.1 Å². The van der Waals surface area contributed by atoms with E-state index in [4.69, 9.17) is 0 Å². The van der Waals surface area contributed by atoms with Crippen LogP contribution in [0.2, 0.25) is 0 Å². The van der Waals surface area contributed by atoms with E-state index < -0.39 is 0 Å². The number of nitrogens with zero attached hydrogens (tertiary/aromatic N) is 2. The molecule has 1 aromatic heterocycles. The molecular formula is C16H23N3. The average molecular weight is 257 g/mol. The van der Waals surface area contributed by atoms with Crippen molar-refractivity contribution in [1.82, 2.24) is 10.3 Å². The van der Waals surface area contributed by atoms with Crippen LogP contribution in [0.1, 0.15) is 37.7 Å². The Morgan fingerprint density at radius 1 is 1.16 bits per heavy atom. The SMILES string of the molecule is c1cc(CNC2CC2)c(N2CC3CCCC3C2)cn1. The Morgan fingerprint density at radius 2 is 1.95 bits per heavy atom. The summed E-state index contributed by atoms with van der Waals surface area (Å²) in [6.07, 6.45) is 11.1. The highest BCUT2D eigenvalue weighted by Crippen LogP contribution is 2.40. The molecule has 0 bridgehead atoms. The maximum Gasteiger partial charge on any atom is 0.0598 e. The molecule has 0 aromatic carbocycles. The van der Waals surface area contributed by atoms with Gasteiger partial charge < -0.3 is 10.2 Å². The van der Waals surface area contributed by atoms with Crippen LogP contribution >= 0.6 is 0 Å². The number of aromatic nitrogens is 1. The molecule has 3 heteroatoms. The molecule has 1 aromatic rings. The monoisotopic (exact) mass is 257 g/mol. The third-order valence-electron chi connectivity index (χ3n) is 5.11. The minimum Gasteiger partial charge on any atom is -0.369 e. The predicted molar refractivity (Wildman–Crippen MR) is 77.1 cm³/mol. The van der Waals surface area contributed by atoms with Crippen LogP contribution in [0.15, 0.2) is 18.5 Å². The molecule has 2 saturated carbocycles. The van der Waals surface area contributed by atoms with Gasteiger partial charge in [0.2, 0.25) is 0 Å². The molecule has 0 radical (unpaired) electrons. The van der Waals surface area contributed by atoms with Gasteiger partial charge in [-0.2, -0.15) is 0 Å². The summed E-state index contributed by atoms with van der Waals surface area (Å²) in [5, 5.41) is 3.63. The van der Waals surface area contributed by atoms with Crippen LogP contribution in [0.5, 0.6) is 0 Å². The Kier molecular flexibility index (Phi) is 2.95. The van der Waals surface area contributed by atoms with Gasteiger partial charge in [-0.1, -0.05) is 6.42 Å². The number of anilines is 1. The molecule has 4 rings (SSSR count). The number of nitrogens with one attached hydrogen (secondary N) is 1. The Balaban J connectivity index is 1.50. The van der Waals surface area contributed by atoms with Gasteiger partial charge in [0.1, 0.15) is 0 Å². The molecule has 2 atom stereocenters. The number of fused-ring (bicyclic) bond motifs is 1. The molecule has 19 heavy (non-hydrogen) atoms. The van der Waals surface area contributed by atoms with Crippen molar-refractivity contribution in [3.05, 3.63) is 24.0 Å². The smallest absolute Gasteiger partial charge is 0.0598 e. The fourth-order valence-corrected chi connectivity index (χ4v) is 3.82. The first kappa shape index (κ1) is 11.7. The second-order valence-electron chi connectivity index (χ2n) is 6.52. The standard InChI is InChI=1S/C16H23N3/c1-2-13-10-19(11-14(13)3-1)16-9-17-7-6-12(16)8-18-15-4-5-15/h6-7,9,13-15,18H,1-5,8,10-11H2. The molecule has 2 unspecified atom stereocenters.